The van der Waals surface area contributed by atoms with Crippen molar-refractivity contribution < 1.29 is 9.47 Å². The van der Waals surface area contributed by atoms with Gasteiger partial charge in [0.2, 0.25) is 0 Å². The van der Waals surface area contributed by atoms with Gasteiger partial charge in [0, 0.05) is 5.56 Å². The summed E-state index contributed by atoms with van der Waals surface area (Å²) in [7, 11) is 1.60. The number of methoxy groups -OCH3 is 1. The Morgan fingerprint density at radius 1 is 1.12 bits per heavy atom. The molecule has 1 aromatic heterocycles. The molecule has 130 valence electrons. The lowest BCUT2D eigenvalue weighted by molar-refractivity contribution is 0.273. The summed E-state index contributed by atoms with van der Waals surface area (Å²) in [4.78, 5) is 19.6. The van der Waals surface area contributed by atoms with Gasteiger partial charge in [-0.1, -0.05) is 26.0 Å². The van der Waals surface area contributed by atoms with E-state index in [1.807, 2.05) is 36.4 Å². The van der Waals surface area contributed by atoms with Crippen LogP contribution in [-0.4, -0.2) is 23.7 Å². The Balaban J connectivity index is 1.94. The molecular formula is C20H22N2O3. The molecular weight excluding hydrogens is 316 g/mol. The molecule has 3 rings (SSSR count). The van der Waals surface area contributed by atoms with E-state index in [-0.39, 0.29) is 5.56 Å². The first-order valence-corrected chi connectivity index (χ1v) is 8.38. The molecule has 0 saturated carbocycles. The third-order valence-electron chi connectivity index (χ3n) is 4.00. The van der Waals surface area contributed by atoms with Gasteiger partial charge in [-0.25, -0.2) is 4.98 Å². The third kappa shape index (κ3) is 3.82. The summed E-state index contributed by atoms with van der Waals surface area (Å²) in [5.74, 6) is 2.40. The van der Waals surface area contributed by atoms with Gasteiger partial charge in [0.1, 0.15) is 5.82 Å². The molecule has 2 aromatic carbocycles. The number of fused-ring (bicyclic) bond motifs is 1. The van der Waals surface area contributed by atoms with Crippen molar-refractivity contribution >= 4 is 10.9 Å². The molecule has 0 atom stereocenters. The molecule has 3 aromatic rings. The average molecular weight is 338 g/mol. The van der Waals surface area contributed by atoms with Crippen LogP contribution in [0.25, 0.3) is 22.3 Å². The first-order valence-electron chi connectivity index (χ1n) is 8.38. The summed E-state index contributed by atoms with van der Waals surface area (Å²) < 4.78 is 11.2. The van der Waals surface area contributed by atoms with Crippen molar-refractivity contribution in [3.8, 4) is 22.9 Å². The van der Waals surface area contributed by atoms with Gasteiger partial charge in [-0.2, -0.15) is 0 Å². The number of H-pyrrole nitrogens is 1. The Labute approximate surface area is 146 Å². The zero-order valence-corrected chi connectivity index (χ0v) is 14.7. The van der Waals surface area contributed by atoms with E-state index in [0.29, 0.717) is 40.8 Å². The number of rotatable bonds is 6. The van der Waals surface area contributed by atoms with Crippen LogP contribution in [-0.2, 0) is 0 Å². The zero-order valence-electron chi connectivity index (χ0n) is 14.7. The number of aromatic nitrogens is 2. The summed E-state index contributed by atoms with van der Waals surface area (Å²) in [5, 5.41) is 0.576. The number of nitrogens with one attached hydrogen (secondary N) is 1. The minimum atomic E-state index is -0.156. The Kier molecular flexibility index (Phi) is 5.03. The van der Waals surface area contributed by atoms with Crippen molar-refractivity contribution in [2.24, 2.45) is 5.92 Å². The van der Waals surface area contributed by atoms with Crippen LogP contribution >= 0.6 is 0 Å². The SMILES string of the molecule is COc1cc(-c2nc3ccccc3c(=O)[nH]2)ccc1OCCC(C)C. The van der Waals surface area contributed by atoms with Crippen LogP contribution in [0.2, 0.25) is 0 Å². The molecule has 0 saturated heterocycles. The maximum Gasteiger partial charge on any atom is 0.259 e. The molecule has 5 nitrogen and oxygen atoms in total. The highest BCUT2D eigenvalue weighted by Gasteiger charge is 2.10. The lowest BCUT2D eigenvalue weighted by atomic mass is 10.1. The molecule has 0 aliphatic rings. The highest BCUT2D eigenvalue weighted by molar-refractivity contribution is 5.79. The van der Waals surface area contributed by atoms with Gasteiger partial charge in [0.05, 0.1) is 24.6 Å². The standard InChI is InChI=1S/C20H22N2O3/c1-13(2)10-11-25-17-9-8-14(12-18(17)24-3)19-21-16-7-5-4-6-15(16)20(23)22-19/h4-9,12-13H,10-11H2,1-3H3,(H,21,22,23). The molecule has 1 N–H and O–H groups in total. The largest absolute Gasteiger partial charge is 0.493 e. The monoisotopic (exact) mass is 338 g/mol. The number of nitrogens with zero attached hydrogens (tertiary/aromatic N) is 1. The second-order valence-corrected chi connectivity index (χ2v) is 6.33. The normalized spacial score (nSPS) is 11.0. The van der Waals surface area contributed by atoms with Crippen molar-refractivity contribution in [3.05, 3.63) is 52.8 Å². The lowest BCUT2D eigenvalue weighted by Gasteiger charge is -2.13. The molecule has 0 aliphatic heterocycles. The Morgan fingerprint density at radius 2 is 1.92 bits per heavy atom. The minimum Gasteiger partial charge on any atom is -0.493 e. The van der Waals surface area contributed by atoms with Gasteiger partial charge in [-0.15, -0.1) is 0 Å². The summed E-state index contributed by atoms with van der Waals surface area (Å²) >= 11 is 0. The molecule has 0 fully saturated rings. The smallest absolute Gasteiger partial charge is 0.259 e. The molecule has 5 heteroatoms. The second kappa shape index (κ2) is 7.38. The van der Waals surface area contributed by atoms with E-state index in [0.717, 1.165) is 12.0 Å². The van der Waals surface area contributed by atoms with E-state index < -0.39 is 0 Å². The number of ether oxygens (including phenoxy) is 2. The number of hydrogen-bond acceptors (Lipinski definition) is 4. The van der Waals surface area contributed by atoms with Gasteiger partial charge in [-0.3, -0.25) is 4.79 Å². The summed E-state index contributed by atoms with van der Waals surface area (Å²) in [6.45, 7) is 4.95. The van der Waals surface area contributed by atoms with E-state index in [1.54, 1.807) is 13.2 Å². The lowest BCUT2D eigenvalue weighted by Crippen LogP contribution is -2.09. The van der Waals surface area contributed by atoms with Crippen molar-refractivity contribution in [3.63, 3.8) is 0 Å². The van der Waals surface area contributed by atoms with Crippen molar-refractivity contribution in [2.45, 2.75) is 20.3 Å². The van der Waals surface area contributed by atoms with E-state index >= 15 is 0 Å². The van der Waals surface area contributed by atoms with Crippen LogP contribution in [0.5, 0.6) is 11.5 Å². The van der Waals surface area contributed by atoms with Crippen LogP contribution in [0.1, 0.15) is 20.3 Å². The molecule has 0 aliphatic carbocycles. The first kappa shape index (κ1) is 17.0. The zero-order chi connectivity index (χ0) is 17.8. The van der Waals surface area contributed by atoms with Crippen LogP contribution in [0.15, 0.2) is 47.3 Å². The molecule has 0 amide bonds. The minimum absolute atomic E-state index is 0.156. The fourth-order valence-electron chi connectivity index (χ4n) is 2.56. The predicted octanol–water partition coefficient (Wildman–Crippen LogP) is 4.02. The molecule has 0 bridgehead atoms. The summed E-state index contributed by atoms with van der Waals surface area (Å²) in [6.07, 6.45) is 0.977. The van der Waals surface area contributed by atoms with E-state index in [2.05, 4.69) is 23.8 Å². The molecule has 1 heterocycles. The van der Waals surface area contributed by atoms with Crippen LogP contribution in [0.4, 0.5) is 0 Å². The van der Waals surface area contributed by atoms with E-state index in [9.17, 15) is 4.79 Å². The van der Waals surface area contributed by atoms with Crippen molar-refractivity contribution in [1.82, 2.24) is 9.97 Å². The maximum atomic E-state index is 12.2. The van der Waals surface area contributed by atoms with Crippen LogP contribution < -0.4 is 15.0 Å². The Morgan fingerprint density at radius 3 is 2.68 bits per heavy atom. The summed E-state index contributed by atoms with van der Waals surface area (Å²) in [6, 6.07) is 12.8. The topological polar surface area (TPSA) is 64.2 Å². The predicted molar refractivity (Wildman–Crippen MR) is 99.3 cm³/mol. The quantitative estimate of drug-likeness (QED) is 0.737. The molecule has 0 radical (unpaired) electrons. The van der Waals surface area contributed by atoms with Gasteiger partial charge >= 0.3 is 0 Å². The fourth-order valence-corrected chi connectivity index (χ4v) is 2.56. The van der Waals surface area contributed by atoms with E-state index in [4.69, 9.17) is 9.47 Å². The van der Waals surface area contributed by atoms with Crippen molar-refractivity contribution in [2.75, 3.05) is 13.7 Å². The molecule has 25 heavy (non-hydrogen) atoms. The number of para-hydroxylation sites is 1. The maximum absolute atomic E-state index is 12.2. The van der Waals surface area contributed by atoms with Gasteiger partial charge in [-0.05, 0) is 42.7 Å². The Hall–Kier alpha value is -2.82. The highest BCUT2D eigenvalue weighted by atomic mass is 16.5. The Bertz CT molecular complexity index is 932. The number of aromatic amines is 1. The second-order valence-electron chi connectivity index (χ2n) is 6.33. The third-order valence-corrected chi connectivity index (χ3v) is 4.00. The van der Waals surface area contributed by atoms with E-state index in [1.165, 1.54) is 0 Å². The number of hydrogen-bond donors (Lipinski definition) is 1. The van der Waals surface area contributed by atoms with Crippen LogP contribution in [0.3, 0.4) is 0 Å². The van der Waals surface area contributed by atoms with Gasteiger partial charge in [0.25, 0.3) is 5.56 Å². The van der Waals surface area contributed by atoms with Gasteiger partial charge in [0.15, 0.2) is 11.5 Å². The van der Waals surface area contributed by atoms with Crippen LogP contribution in [0, 0.1) is 5.92 Å². The van der Waals surface area contributed by atoms with Crippen molar-refractivity contribution in [1.29, 1.82) is 0 Å². The average Bonchev–Trinajstić information content (AvgIpc) is 2.61. The summed E-state index contributed by atoms with van der Waals surface area (Å²) in [5.41, 5.74) is 1.28. The first-order chi connectivity index (χ1) is 12.1. The van der Waals surface area contributed by atoms with Gasteiger partial charge < -0.3 is 14.5 Å². The fraction of sp³-hybridized carbons (Fsp3) is 0.300. The highest BCUT2D eigenvalue weighted by Crippen LogP contribution is 2.31. The number of benzene rings is 2. The molecule has 0 spiro atoms. The molecule has 0 unspecified atom stereocenters.